The molecule has 0 spiro atoms. The number of morpholine rings is 1. The first kappa shape index (κ1) is 18.2. The molecule has 2 saturated heterocycles. The van der Waals surface area contributed by atoms with E-state index >= 15 is 0 Å². The summed E-state index contributed by atoms with van der Waals surface area (Å²) < 4.78 is 17.1. The van der Waals surface area contributed by atoms with Crippen LogP contribution in [0.2, 0.25) is 0 Å². The number of rotatable bonds is 6. The molecule has 2 heterocycles. The summed E-state index contributed by atoms with van der Waals surface area (Å²) in [5.74, 6) is 0.773. The second-order valence-corrected chi connectivity index (χ2v) is 6.78. The Kier molecular flexibility index (Phi) is 6.29. The summed E-state index contributed by atoms with van der Waals surface area (Å²) >= 11 is 0. The van der Waals surface area contributed by atoms with E-state index in [4.69, 9.17) is 14.2 Å². The van der Waals surface area contributed by atoms with Crippen LogP contribution in [-0.4, -0.2) is 50.5 Å². The molecule has 6 nitrogen and oxygen atoms in total. The number of carbonyl (C=O) groups is 1. The van der Waals surface area contributed by atoms with Gasteiger partial charge in [-0.1, -0.05) is 12.1 Å². The zero-order valence-electron chi connectivity index (χ0n) is 15.0. The summed E-state index contributed by atoms with van der Waals surface area (Å²) in [5, 5.41) is 6.20. The van der Waals surface area contributed by atoms with Crippen molar-refractivity contribution in [1.29, 1.82) is 0 Å². The van der Waals surface area contributed by atoms with Crippen LogP contribution in [0.25, 0.3) is 0 Å². The van der Waals surface area contributed by atoms with Crippen molar-refractivity contribution in [2.24, 2.45) is 0 Å². The fourth-order valence-electron chi connectivity index (χ4n) is 3.22. The molecule has 3 atom stereocenters. The summed E-state index contributed by atoms with van der Waals surface area (Å²) in [7, 11) is 0. The van der Waals surface area contributed by atoms with Crippen molar-refractivity contribution in [3.05, 3.63) is 29.3 Å². The van der Waals surface area contributed by atoms with E-state index in [0.29, 0.717) is 26.3 Å². The van der Waals surface area contributed by atoms with Crippen molar-refractivity contribution in [3.8, 4) is 5.75 Å². The fraction of sp³-hybridized carbons (Fsp3) is 0.632. The van der Waals surface area contributed by atoms with Crippen molar-refractivity contribution in [2.75, 3.05) is 26.4 Å². The number of amides is 1. The third-order valence-electron chi connectivity index (χ3n) is 4.72. The predicted molar refractivity (Wildman–Crippen MR) is 94.7 cm³/mol. The zero-order valence-corrected chi connectivity index (χ0v) is 15.0. The molecule has 2 aliphatic rings. The summed E-state index contributed by atoms with van der Waals surface area (Å²) in [6.07, 6.45) is 2.19. The molecule has 2 aliphatic heterocycles. The van der Waals surface area contributed by atoms with E-state index in [0.717, 1.165) is 36.3 Å². The molecule has 2 fully saturated rings. The highest BCUT2D eigenvalue weighted by Gasteiger charge is 2.28. The van der Waals surface area contributed by atoms with Crippen LogP contribution in [0.5, 0.6) is 5.75 Å². The topological polar surface area (TPSA) is 68.8 Å². The van der Waals surface area contributed by atoms with Gasteiger partial charge in [0.2, 0.25) is 5.91 Å². The minimum atomic E-state index is -0.310. The van der Waals surface area contributed by atoms with E-state index in [1.165, 1.54) is 0 Å². The van der Waals surface area contributed by atoms with Crippen molar-refractivity contribution in [2.45, 2.75) is 51.5 Å². The van der Waals surface area contributed by atoms with Gasteiger partial charge in [0.15, 0.2) is 0 Å². The molecule has 0 saturated carbocycles. The highest BCUT2D eigenvalue weighted by molar-refractivity contribution is 5.82. The normalized spacial score (nSPS) is 26.4. The number of hydrogen-bond acceptors (Lipinski definition) is 5. The number of benzene rings is 1. The minimum absolute atomic E-state index is 0.0437. The SMILES string of the molecule is Cc1ccc(CNC(=O)[C@H]2NCCO[C@@H]2C)c(OCC2CCCO2)c1. The molecule has 0 radical (unpaired) electrons. The summed E-state index contributed by atoms with van der Waals surface area (Å²) in [4.78, 5) is 12.4. The Morgan fingerprint density at radius 2 is 2.24 bits per heavy atom. The first-order valence-electron chi connectivity index (χ1n) is 9.10. The van der Waals surface area contributed by atoms with Gasteiger partial charge in [0, 0.05) is 25.3 Å². The molecule has 2 N–H and O–H groups in total. The van der Waals surface area contributed by atoms with Crippen LogP contribution in [0.1, 0.15) is 30.9 Å². The first-order chi connectivity index (χ1) is 12.1. The van der Waals surface area contributed by atoms with E-state index in [1.807, 2.05) is 32.0 Å². The lowest BCUT2D eigenvalue weighted by molar-refractivity contribution is -0.129. The Balaban J connectivity index is 1.58. The lowest BCUT2D eigenvalue weighted by Gasteiger charge is -2.29. The maximum Gasteiger partial charge on any atom is 0.240 e. The first-order valence-corrected chi connectivity index (χ1v) is 9.10. The third-order valence-corrected chi connectivity index (χ3v) is 4.72. The van der Waals surface area contributed by atoms with Gasteiger partial charge in [-0.2, -0.15) is 0 Å². The standard InChI is InChI=1S/C19H28N2O4/c1-13-5-6-15(17(10-13)25-12-16-4-3-8-24-16)11-21-19(22)18-14(2)23-9-7-20-18/h5-6,10,14,16,18,20H,3-4,7-9,11-12H2,1-2H3,(H,21,22)/t14-,16?,18+/m1/s1. The van der Waals surface area contributed by atoms with E-state index in [9.17, 15) is 4.79 Å². The van der Waals surface area contributed by atoms with E-state index < -0.39 is 0 Å². The van der Waals surface area contributed by atoms with Crippen LogP contribution in [0, 0.1) is 6.92 Å². The van der Waals surface area contributed by atoms with E-state index in [-0.39, 0.29) is 24.2 Å². The van der Waals surface area contributed by atoms with E-state index in [1.54, 1.807) is 0 Å². The van der Waals surface area contributed by atoms with Crippen LogP contribution in [0.3, 0.4) is 0 Å². The number of hydrogen-bond donors (Lipinski definition) is 2. The molecule has 1 aromatic rings. The van der Waals surface area contributed by atoms with Gasteiger partial charge in [-0.05, 0) is 38.3 Å². The summed E-state index contributed by atoms with van der Waals surface area (Å²) in [6, 6.07) is 5.75. The Hall–Kier alpha value is -1.63. The van der Waals surface area contributed by atoms with Gasteiger partial charge in [0.1, 0.15) is 18.4 Å². The molecule has 3 rings (SSSR count). The lowest BCUT2D eigenvalue weighted by Crippen LogP contribution is -2.55. The molecule has 138 valence electrons. The number of ether oxygens (including phenoxy) is 3. The van der Waals surface area contributed by atoms with Crippen molar-refractivity contribution in [1.82, 2.24) is 10.6 Å². The van der Waals surface area contributed by atoms with Crippen LogP contribution >= 0.6 is 0 Å². The number of nitrogens with one attached hydrogen (secondary N) is 2. The lowest BCUT2D eigenvalue weighted by atomic mass is 10.1. The highest BCUT2D eigenvalue weighted by atomic mass is 16.5. The van der Waals surface area contributed by atoms with Crippen molar-refractivity contribution in [3.63, 3.8) is 0 Å². The molecule has 1 amide bonds. The van der Waals surface area contributed by atoms with Crippen LogP contribution in [0.4, 0.5) is 0 Å². The quantitative estimate of drug-likeness (QED) is 0.816. The minimum Gasteiger partial charge on any atom is -0.491 e. The van der Waals surface area contributed by atoms with Crippen LogP contribution < -0.4 is 15.4 Å². The fourth-order valence-corrected chi connectivity index (χ4v) is 3.22. The van der Waals surface area contributed by atoms with E-state index in [2.05, 4.69) is 10.6 Å². The average Bonchev–Trinajstić information content (AvgIpc) is 3.13. The van der Waals surface area contributed by atoms with Crippen molar-refractivity contribution < 1.29 is 19.0 Å². The number of aryl methyl sites for hydroxylation is 1. The molecular weight excluding hydrogens is 320 g/mol. The Bertz CT molecular complexity index is 587. The second-order valence-electron chi connectivity index (χ2n) is 6.78. The zero-order chi connectivity index (χ0) is 17.6. The van der Waals surface area contributed by atoms with Crippen LogP contribution in [0.15, 0.2) is 18.2 Å². The predicted octanol–water partition coefficient (Wildman–Crippen LogP) is 1.55. The van der Waals surface area contributed by atoms with Gasteiger partial charge >= 0.3 is 0 Å². The maximum atomic E-state index is 12.4. The molecule has 6 heteroatoms. The second kappa shape index (κ2) is 8.65. The van der Waals surface area contributed by atoms with Gasteiger partial charge in [-0.25, -0.2) is 0 Å². The molecule has 25 heavy (non-hydrogen) atoms. The Morgan fingerprint density at radius 1 is 1.36 bits per heavy atom. The largest absolute Gasteiger partial charge is 0.491 e. The molecular formula is C19H28N2O4. The molecule has 0 bridgehead atoms. The van der Waals surface area contributed by atoms with Crippen molar-refractivity contribution >= 4 is 5.91 Å². The molecule has 1 aromatic carbocycles. The highest BCUT2D eigenvalue weighted by Crippen LogP contribution is 2.22. The number of carbonyl (C=O) groups excluding carboxylic acids is 1. The van der Waals surface area contributed by atoms with Gasteiger partial charge in [0.25, 0.3) is 0 Å². The van der Waals surface area contributed by atoms with Gasteiger partial charge < -0.3 is 24.8 Å². The average molecular weight is 348 g/mol. The van der Waals surface area contributed by atoms with Crippen LogP contribution in [-0.2, 0) is 20.8 Å². The molecule has 1 unspecified atom stereocenters. The Morgan fingerprint density at radius 3 is 3.00 bits per heavy atom. The smallest absolute Gasteiger partial charge is 0.240 e. The van der Waals surface area contributed by atoms with Gasteiger partial charge in [-0.15, -0.1) is 0 Å². The summed E-state index contributed by atoms with van der Waals surface area (Å²) in [6.45, 7) is 7.10. The van der Waals surface area contributed by atoms with Gasteiger partial charge in [-0.3, -0.25) is 4.79 Å². The summed E-state index contributed by atoms with van der Waals surface area (Å²) in [5.41, 5.74) is 2.11. The monoisotopic (exact) mass is 348 g/mol. The molecule has 0 aliphatic carbocycles. The molecule has 0 aromatic heterocycles. The van der Waals surface area contributed by atoms with Gasteiger partial charge in [0.05, 0.1) is 18.8 Å². The Labute approximate surface area is 149 Å². The third kappa shape index (κ3) is 4.93. The maximum absolute atomic E-state index is 12.4.